The monoisotopic (exact) mass is 139 g/mol. The van der Waals surface area contributed by atoms with Crippen LogP contribution in [0.3, 0.4) is 0 Å². The van der Waals surface area contributed by atoms with E-state index in [0.717, 1.165) is 5.92 Å². The molecular formula is C9H17N. The first-order valence-electron chi connectivity index (χ1n) is 4.35. The molecule has 0 radical (unpaired) electrons. The molecule has 0 amide bonds. The predicted octanol–water partition coefficient (Wildman–Crippen LogP) is 1.91. The molecule has 2 aliphatic carbocycles. The van der Waals surface area contributed by atoms with Crippen LogP contribution in [0.4, 0.5) is 0 Å². The summed E-state index contributed by atoms with van der Waals surface area (Å²) >= 11 is 0. The molecule has 0 spiro atoms. The van der Waals surface area contributed by atoms with Gasteiger partial charge in [0.25, 0.3) is 0 Å². The molecule has 58 valence electrons. The van der Waals surface area contributed by atoms with Crippen molar-refractivity contribution < 1.29 is 0 Å². The van der Waals surface area contributed by atoms with Crippen molar-refractivity contribution in [3.8, 4) is 0 Å². The van der Waals surface area contributed by atoms with E-state index in [1.54, 1.807) is 0 Å². The van der Waals surface area contributed by atoms with Crippen molar-refractivity contribution in [2.45, 2.75) is 45.1 Å². The summed E-state index contributed by atoms with van der Waals surface area (Å²) in [5.74, 6) is 0.993. The third kappa shape index (κ3) is 0.731. The van der Waals surface area contributed by atoms with Gasteiger partial charge < -0.3 is 5.73 Å². The first-order chi connectivity index (χ1) is 4.56. The SMILES string of the molecule is CC(C)(N)C1(C2CC2)CC1. The number of rotatable bonds is 2. The van der Waals surface area contributed by atoms with E-state index in [1.807, 2.05) is 0 Å². The van der Waals surface area contributed by atoms with Gasteiger partial charge in [-0.2, -0.15) is 0 Å². The maximum atomic E-state index is 6.12. The van der Waals surface area contributed by atoms with Gasteiger partial charge in [-0.25, -0.2) is 0 Å². The molecule has 0 saturated heterocycles. The Balaban J connectivity index is 2.13. The molecule has 0 heterocycles. The average Bonchev–Trinajstić information content (AvgIpc) is 2.56. The van der Waals surface area contributed by atoms with Crippen molar-refractivity contribution >= 4 is 0 Å². The van der Waals surface area contributed by atoms with Crippen LogP contribution >= 0.6 is 0 Å². The molecule has 0 unspecified atom stereocenters. The summed E-state index contributed by atoms with van der Waals surface area (Å²) in [4.78, 5) is 0. The van der Waals surface area contributed by atoms with Crippen molar-refractivity contribution in [2.24, 2.45) is 17.1 Å². The number of hydrogen-bond donors (Lipinski definition) is 1. The van der Waals surface area contributed by atoms with E-state index in [9.17, 15) is 0 Å². The minimum atomic E-state index is 0.0914. The van der Waals surface area contributed by atoms with Crippen LogP contribution in [-0.2, 0) is 0 Å². The van der Waals surface area contributed by atoms with Crippen LogP contribution in [0.25, 0.3) is 0 Å². The van der Waals surface area contributed by atoms with Crippen molar-refractivity contribution in [3.05, 3.63) is 0 Å². The Morgan fingerprint density at radius 2 is 1.80 bits per heavy atom. The van der Waals surface area contributed by atoms with E-state index >= 15 is 0 Å². The van der Waals surface area contributed by atoms with Crippen LogP contribution in [0, 0.1) is 11.3 Å². The predicted molar refractivity (Wildman–Crippen MR) is 42.7 cm³/mol. The minimum Gasteiger partial charge on any atom is -0.325 e. The summed E-state index contributed by atoms with van der Waals surface area (Å²) in [6.07, 6.45) is 5.67. The topological polar surface area (TPSA) is 26.0 Å². The fraction of sp³-hybridized carbons (Fsp3) is 1.00. The highest BCUT2D eigenvalue weighted by molar-refractivity contribution is 5.13. The van der Waals surface area contributed by atoms with E-state index in [4.69, 9.17) is 5.73 Å². The number of hydrogen-bond acceptors (Lipinski definition) is 1. The highest BCUT2D eigenvalue weighted by atomic mass is 14.8. The lowest BCUT2D eigenvalue weighted by molar-refractivity contribution is 0.257. The van der Waals surface area contributed by atoms with Crippen LogP contribution in [0.1, 0.15) is 39.5 Å². The molecule has 0 aliphatic heterocycles. The first-order valence-corrected chi connectivity index (χ1v) is 4.35. The molecule has 1 nitrogen and oxygen atoms in total. The second kappa shape index (κ2) is 1.58. The van der Waals surface area contributed by atoms with Gasteiger partial charge >= 0.3 is 0 Å². The van der Waals surface area contributed by atoms with Gasteiger partial charge in [-0.05, 0) is 50.9 Å². The van der Waals surface area contributed by atoms with E-state index in [0.29, 0.717) is 5.41 Å². The molecule has 0 aromatic heterocycles. The average molecular weight is 139 g/mol. The van der Waals surface area contributed by atoms with E-state index in [2.05, 4.69) is 13.8 Å². The highest BCUT2D eigenvalue weighted by Crippen LogP contribution is 2.65. The fourth-order valence-electron chi connectivity index (χ4n) is 2.35. The maximum Gasteiger partial charge on any atom is 0.0156 e. The summed E-state index contributed by atoms with van der Waals surface area (Å²) in [7, 11) is 0. The summed E-state index contributed by atoms with van der Waals surface area (Å²) in [5, 5.41) is 0. The van der Waals surface area contributed by atoms with Gasteiger partial charge in [-0.3, -0.25) is 0 Å². The zero-order valence-electron chi connectivity index (χ0n) is 6.98. The summed E-state index contributed by atoms with van der Waals surface area (Å²) < 4.78 is 0. The summed E-state index contributed by atoms with van der Waals surface area (Å²) in [6, 6.07) is 0. The fourth-order valence-corrected chi connectivity index (χ4v) is 2.35. The quantitative estimate of drug-likeness (QED) is 0.621. The third-order valence-electron chi connectivity index (χ3n) is 3.43. The van der Waals surface area contributed by atoms with Crippen molar-refractivity contribution in [2.75, 3.05) is 0 Å². The largest absolute Gasteiger partial charge is 0.325 e. The molecule has 2 N–H and O–H groups in total. The standard InChI is InChI=1S/C9H17N/c1-8(2,10)9(5-6-9)7-3-4-7/h7H,3-6,10H2,1-2H3. The maximum absolute atomic E-state index is 6.12. The minimum absolute atomic E-state index is 0.0914. The molecule has 0 atom stereocenters. The molecule has 1 heteroatoms. The summed E-state index contributed by atoms with van der Waals surface area (Å²) in [5.41, 5.74) is 6.78. The molecule has 0 bridgehead atoms. The smallest absolute Gasteiger partial charge is 0.0156 e. The summed E-state index contributed by atoms with van der Waals surface area (Å²) in [6.45, 7) is 4.39. The molecule has 2 aliphatic rings. The molecule has 2 rings (SSSR count). The number of nitrogens with two attached hydrogens (primary N) is 1. The zero-order chi connectivity index (χ0) is 7.41. The Bertz CT molecular complexity index is 147. The molecule has 0 aromatic carbocycles. The molecule has 2 saturated carbocycles. The first kappa shape index (κ1) is 6.66. The second-order valence-electron chi connectivity index (χ2n) is 4.65. The molecule has 0 aromatic rings. The van der Waals surface area contributed by atoms with Gasteiger partial charge in [0.1, 0.15) is 0 Å². The van der Waals surface area contributed by atoms with Gasteiger partial charge in [-0.15, -0.1) is 0 Å². The van der Waals surface area contributed by atoms with E-state index < -0.39 is 0 Å². The molecule has 10 heavy (non-hydrogen) atoms. The van der Waals surface area contributed by atoms with Gasteiger partial charge in [0.15, 0.2) is 0 Å². The molecular weight excluding hydrogens is 122 g/mol. The molecule has 2 fully saturated rings. The second-order valence-corrected chi connectivity index (χ2v) is 4.65. The van der Waals surface area contributed by atoms with Gasteiger partial charge in [0, 0.05) is 5.54 Å². The van der Waals surface area contributed by atoms with Gasteiger partial charge in [0.2, 0.25) is 0 Å². The Morgan fingerprint density at radius 1 is 1.30 bits per heavy atom. The Labute approximate surface area is 63.0 Å². The van der Waals surface area contributed by atoms with Crippen LogP contribution in [-0.4, -0.2) is 5.54 Å². The van der Waals surface area contributed by atoms with Crippen LogP contribution < -0.4 is 5.73 Å². The van der Waals surface area contributed by atoms with Gasteiger partial charge in [0.05, 0.1) is 0 Å². The van der Waals surface area contributed by atoms with Crippen LogP contribution in [0.15, 0.2) is 0 Å². The lowest BCUT2D eigenvalue weighted by atomic mass is 9.81. The Morgan fingerprint density at radius 3 is 1.90 bits per heavy atom. The lowest BCUT2D eigenvalue weighted by Gasteiger charge is -2.30. The van der Waals surface area contributed by atoms with Crippen molar-refractivity contribution in [1.82, 2.24) is 0 Å². The van der Waals surface area contributed by atoms with Crippen LogP contribution in [0.2, 0.25) is 0 Å². The van der Waals surface area contributed by atoms with Crippen LogP contribution in [0.5, 0.6) is 0 Å². The lowest BCUT2D eigenvalue weighted by Crippen LogP contribution is -2.43. The zero-order valence-corrected chi connectivity index (χ0v) is 6.98. The Kier molecular flexibility index (Phi) is 1.05. The normalized spacial score (nSPS) is 30.3. The third-order valence-corrected chi connectivity index (χ3v) is 3.43. The van der Waals surface area contributed by atoms with Crippen molar-refractivity contribution in [1.29, 1.82) is 0 Å². The highest BCUT2D eigenvalue weighted by Gasteiger charge is 2.60. The van der Waals surface area contributed by atoms with E-state index in [1.165, 1.54) is 25.7 Å². The van der Waals surface area contributed by atoms with E-state index in [-0.39, 0.29) is 5.54 Å². The Hall–Kier alpha value is -0.0400. The van der Waals surface area contributed by atoms with Crippen molar-refractivity contribution in [3.63, 3.8) is 0 Å². The van der Waals surface area contributed by atoms with Gasteiger partial charge in [-0.1, -0.05) is 0 Å².